The second-order valence-corrected chi connectivity index (χ2v) is 7.25. The van der Waals surface area contributed by atoms with E-state index in [0.717, 1.165) is 38.8 Å². The predicted molar refractivity (Wildman–Crippen MR) is 84.3 cm³/mol. The van der Waals surface area contributed by atoms with Crippen LogP contribution in [0.25, 0.3) is 0 Å². The fourth-order valence-electron chi connectivity index (χ4n) is 2.75. The molecule has 1 saturated heterocycles. The van der Waals surface area contributed by atoms with Gasteiger partial charge in [-0.25, -0.2) is 4.79 Å². The van der Waals surface area contributed by atoms with Gasteiger partial charge in [-0.05, 0) is 60.3 Å². The molecule has 0 aromatic carbocycles. The van der Waals surface area contributed by atoms with Crippen molar-refractivity contribution in [3.8, 4) is 0 Å². The van der Waals surface area contributed by atoms with Gasteiger partial charge in [0, 0.05) is 25.2 Å². The van der Waals surface area contributed by atoms with E-state index in [9.17, 15) is 9.90 Å². The number of ether oxygens (including phenoxy) is 1. The molecule has 0 spiro atoms. The first-order valence-electron chi connectivity index (χ1n) is 8.09. The van der Waals surface area contributed by atoms with Crippen molar-refractivity contribution in [2.45, 2.75) is 84.1 Å². The number of carbonyl (C=O) groups excluding carboxylic acids is 1. The minimum Gasteiger partial charge on any atom is -0.444 e. The topological polar surface area (TPSA) is 61.8 Å². The number of aliphatic hydroxyl groups excluding tert-OH is 1. The number of carbonyl (C=O) groups is 1. The molecule has 1 rings (SSSR count). The number of nitrogens with one attached hydrogen (secondary N) is 1. The van der Waals surface area contributed by atoms with Crippen molar-refractivity contribution in [2.75, 3.05) is 13.1 Å². The minimum atomic E-state index is -0.438. The third kappa shape index (κ3) is 7.67. The first-order chi connectivity index (χ1) is 9.67. The van der Waals surface area contributed by atoms with E-state index >= 15 is 0 Å². The van der Waals surface area contributed by atoms with Crippen molar-refractivity contribution >= 4 is 6.09 Å². The van der Waals surface area contributed by atoms with Crippen LogP contribution in [0.2, 0.25) is 0 Å². The van der Waals surface area contributed by atoms with Crippen molar-refractivity contribution in [3.63, 3.8) is 0 Å². The van der Waals surface area contributed by atoms with Crippen LogP contribution < -0.4 is 5.32 Å². The molecule has 124 valence electrons. The van der Waals surface area contributed by atoms with E-state index in [0.29, 0.717) is 12.1 Å². The van der Waals surface area contributed by atoms with E-state index in [2.05, 4.69) is 12.2 Å². The van der Waals surface area contributed by atoms with Gasteiger partial charge in [0.15, 0.2) is 0 Å². The Labute approximate surface area is 129 Å². The van der Waals surface area contributed by atoms with E-state index < -0.39 is 5.60 Å². The number of likely N-dealkylation sites (tertiary alicyclic amines) is 1. The highest BCUT2D eigenvalue weighted by Crippen LogP contribution is 2.16. The summed E-state index contributed by atoms with van der Waals surface area (Å²) in [6.45, 7) is 11.1. The molecule has 1 heterocycles. The fraction of sp³-hybridized carbons (Fsp3) is 0.938. The lowest BCUT2D eigenvalue weighted by molar-refractivity contribution is 0.0256. The highest BCUT2D eigenvalue weighted by Gasteiger charge is 2.25. The maximum Gasteiger partial charge on any atom is 0.410 e. The van der Waals surface area contributed by atoms with E-state index in [4.69, 9.17) is 4.74 Å². The molecule has 1 aliphatic heterocycles. The van der Waals surface area contributed by atoms with Crippen LogP contribution in [0.3, 0.4) is 0 Å². The second kappa shape index (κ2) is 7.99. The molecule has 0 aromatic heterocycles. The summed E-state index contributed by atoms with van der Waals surface area (Å²) in [5.74, 6) is 0. The average Bonchev–Trinajstić information content (AvgIpc) is 2.51. The van der Waals surface area contributed by atoms with Gasteiger partial charge in [0.1, 0.15) is 5.60 Å². The van der Waals surface area contributed by atoms with Crippen LogP contribution >= 0.6 is 0 Å². The van der Waals surface area contributed by atoms with E-state index in [-0.39, 0.29) is 12.2 Å². The van der Waals surface area contributed by atoms with Crippen LogP contribution in [-0.4, -0.2) is 53.0 Å². The van der Waals surface area contributed by atoms with Crippen molar-refractivity contribution in [2.24, 2.45) is 0 Å². The highest BCUT2D eigenvalue weighted by atomic mass is 16.6. The monoisotopic (exact) mass is 300 g/mol. The van der Waals surface area contributed by atoms with E-state index in [1.807, 2.05) is 32.6 Å². The molecule has 0 radical (unpaired) electrons. The van der Waals surface area contributed by atoms with Crippen molar-refractivity contribution in [1.82, 2.24) is 10.2 Å². The lowest BCUT2D eigenvalue weighted by Crippen LogP contribution is -2.40. The van der Waals surface area contributed by atoms with Gasteiger partial charge in [-0.2, -0.15) is 0 Å². The van der Waals surface area contributed by atoms with Gasteiger partial charge < -0.3 is 20.1 Å². The molecule has 0 aliphatic carbocycles. The van der Waals surface area contributed by atoms with Gasteiger partial charge in [-0.1, -0.05) is 0 Å². The van der Waals surface area contributed by atoms with Crippen LogP contribution in [-0.2, 0) is 4.74 Å². The van der Waals surface area contributed by atoms with Gasteiger partial charge in [-0.15, -0.1) is 0 Å². The summed E-state index contributed by atoms with van der Waals surface area (Å²) < 4.78 is 5.44. The number of aliphatic hydroxyl groups is 1. The Bertz CT molecular complexity index is 326. The molecule has 1 aliphatic rings. The molecule has 0 bridgehead atoms. The highest BCUT2D eigenvalue weighted by molar-refractivity contribution is 5.68. The zero-order valence-corrected chi connectivity index (χ0v) is 14.2. The number of hydrogen-bond acceptors (Lipinski definition) is 4. The number of nitrogens with zero attached hydrogens (tertiary/aromatic N) is 1. The Balaban J connectivity index is 2.41. The van der Waals surface area contributed by atoms with Crippen LogP contribution in [0.4, 0.5) is 4.79 Å². The van der Waals surface area contributed by atoms with Gasteiger partial charge >= 0.3 is 6.09 Å². The summed E-state index contributed by atoms with van der Waals surface area (Å²) in [5, 5.41) is 13.0. The third-order valence-corrected chi connectivity index (χ3v) is 3.59. The summed E-state index contributed by atoms with van der Waals surface area (Å²) in [4.78, 5) is 13.9. The molecule has 0 aromatic rings. The van der Waals surface area contributed by atoms with Gasteiger partial charge in [0.2, 0.25) is 0 Å². The van der Waals surface area contributed by atoms with Gasteiger partial charge in [-0.3, -0.25) is 0 Å². The maximum atomic E-state index is 12.1. The molecule has 1 fully saturated rings. The molecule has 0 saturated carbocycles. The fourth-order valence-corrected chi connectivity index (χ4v) is 2.75. The predicted octanol–water partition coefficient (Wildman–Crippen LogP) is 2.53. The zero-order valence-electron chi connectivity index (χ0n) is 14.2. The maximum absolute atomic E-state index is 12.1. The molecule has 1 amide bonds. The molecular weight excluding hydrogens is 268 g/mol. The standard InChI is InChI=1S/C16H32N2O3/c1-12(11-13(2)19)17-14-7-6-9-18(10-8-14)15(20)21-16(3,4)5/h12-14,17,19H,6-11H2,1-5H3. The van der Waals surface area contributed by atoms with Crippen LogP contribution in [0.5, 0.6) is 0 Å². The van der Waals surface area contributed by atoms with Crippen LogP contribution in [0.1, 0.15) is 60.3 Å². The molecule has 2 N–H and O–H groups in total. The molecule has 5 nitrogen and oxygen atoms in total. The smallest absolute Gasteiger partial charge is 0.410 e. The third-order valence-electron chi connectivity index (χ3n) is 3.59. The number of amides is 1. The zero-order chi connectivity index (χ0) is 16.0. The van der Waals surface area contributed by atoms with Gasteiger partial charge in [0.25, 0.3) is 0 Å². The first-order valence-corrected chi connectivity index (χ1v) is 8.09. The van der Waals surface area contributed by atoms with Crippen LogP contribution in [0.15, 0.2) is 0 Å². The summed E-state index contributed by atoms with van der Waals surface area (Å²) in [6.07, 6.45) is 3.24. The number of rotatable bonds is 4. The van der Waals surface area contributed by atoms with Gasteiger partial charge in [0.05, 0.1) is 6.10 Å². The van der Waals surface area contributed by atoms with Crippen molar-refractivity contribution in [3.05, 3.63) is 0 Å². The molecule has 21 heavy (non-hydrogen) atoms. The second-order valence-electron chi connectivity index (χ2n) is 7.25. The molecule has 3 atom stereocenters. The lowest BCUT2D eigenvalue weighted by atomic mass is 10.1. The molecule has 3 unspecified atom stereocenters. The summed E-state index contributed by atoms with van der Waals surface area (Å²) in [5.41, 5.74) is -0.438. The van der Waals surface area contributed by atoms with E-state index in [1.165, 1.54) is 0 Å². The normalized spacial score (nSPS) is 23.3. The Morgan fingerprint density at radius 2 is 2.00 bits per heavy atom. The molecular formula is C16H32N2O3. The van der Waals surface area contributed by atoms with Crippen LogP contribution in [0, 0.1) is 0 Å². The Morgan fingerprint density at radius 1 is 1.33 bits per heavy atom. The van der Waals surface area contributed by atoms with Crippen molar-refractivity contribution < 1.29 is 14.6 Å². The Hall–Kier alpha value is -0.810. The summed E-state index contributed by atoms with van der Waals surface area (Å²) in [7, 11) is 0. The Kier molecular flexibility index (Phi) is 6.94. The Morgan fingerprint density at radius 3 is 2.57 bits per heavy atom. The summed E-state index contributed by atoms with van der Waals surface area (Å²) >= 11 is 0. The first kappa shape index (κ1) is 18.2. The largest absolute Gasteiger partial charge is 0.444 e. The average molecular weight is 300 g/mol. The quantitative estimate of drug-likeness (QED) is 0.837. The van der Waals surface area contributed by atoms with E-state index in [1.54, 1.807) is 0 Å². The minimum absolute atomic E-state index is 0.208. The summed E-state index contributed by atoms with van der Waals surface area (Å²) in [6, 6.07) is 0.703. The lowest BCUT2D eigenvalue weighted by Gasteiger charge is -2.26. The SMILES string of the molecule is CC(O)CC(C)NC1CCCN(C(=O)OC(C)(C)C)CC1. The number of hydrogen-bond donors (Lipinski definition) is 2. The van der Waals surface area contributed by atoms with Crippen molar-refractivity contribution in [1.29, 1.82) is 0 Å². The molecule has 5 heteroatoms.